The van der Waals surface area contributed by atoms with Gasteiger partial charge in [0.1, 0.15) is 16.5 Å². The molecule has 2 heterocycles. The molecule has 0 amide bonds. The Balaban J connectivity index is 2.05. The van der Waals surface area contributed by atoms with E-state index in [0.29, 0.717) is 12.5 Å². The normalized spacial score (nSPS) is 17.7. The predicted octanol–water partition coefficient (Wildman–Crippen LogP) is 3.33. The third kappa shape index (κ3) is 2.72. The summed E-state index contributed by atoms with van der Waals surface area (Å²) in [6.45, 7) is 4.52. The SMILES string of the molecule is Cc1nc(NCCC(=O)O)c2c3c(sc2n1)CCC[C@@H]3C. The van der Waals surface area contributed by atoms with E-state index in [4.69, 9.17) is 5.11 Å². The Hall–Kier alpha value is -1.69. The van der Waals surface area contributed by atoms with Crippen molar-refractivity contribution in [1.29, 1.82) is 0 Å². The number of rotatable bonds is 4. The standard InChI is InChI=1S/C15H19N3O2S/c1-8-4-3-5-10-12(8)13-14(16-7-6-11(19)20)17-9(2)18-15(13)21-10/h8H,3-7H2,1-2H3,(H,19,20)(H,16,17,18)/t8-/m0/s1. The molecule has 0 bridgehead atoms. The second kappa shape index (κ2) is 5.60. The van der Waals surface area contributed by atoms with Crippen molar-refractivity contribution in [2.75, 3.05) is 11.9 Å². The van der Waals surface area contributed by atoms with E-state index in [9.17, 15) is 4.79 Å². The van der Waals surface area contributed by atoms with E-state index in [-0.39, 0.29) is 6.42 Å². The highest BCUT2D eigenvalue weighted by Gasteiger charge is 2.25. The summed E-state index contributed by atoms with van der Waals surface area (Å²) in [5, 5.41) is 13.1. The van der Waals surface area contributed by atoms with E-state index in [1.54, 1.807) is 11.3 Å². The van der Waals surface area contributed by atoms with Crippen LogP contribution in [0.5, 0.6) is 0 Å². The summed E-state index contributed by atoms with van der Waals surface area (Å²) in [6.07, 6.45) is 3.64. The van der Waals surface area contributed by atoms with Gasteiger partial charge < -0.3 is 10.4 Å². The Morgan fingerprint density at radius 1 is 1.48 bits per heavy atom. The topological polar surface area (TPSA) is 75.1 Å². The van der Waals surface area contributed by atoms with Crippen molar-refractivity contribution >= 4 is 33.3 Å². The second-order valence-corrected chi connectivity index (χ2v) is 6.69. The molecule has 0 unspecified atom stereocenters. The maximum atomic E-state index is 10.7. The van der Waals surface area contributed by atoms with Crippen LogP contribution in [-0.4, -0.2) is 27.6 Å². The van der Waals surface area contributed by atoms with Crippen molar-refractivity contribution in [1.82, 2.24) is 9.97 Å². The van der Waals surface area contributed by atoms with E-state index >= 15 is 0 Å². The van der Waals surface area contributed by atoms with Crippen LogP contribution in [0.25, 0.3) is 10.2 Å². The molecule has 0 fully saturated rings. The van der Waals surface area contributed by atoms with E-state index in [1.165, 1.54) is 23.3 Å². The Bertz CT molecular complexity index is 696. The lowest BCUT2D eigenvalue weighted by atomic mass is 9.87. The number of aliphatic carboxylic acids is 1. The van der Waals surface area contributed by atoms with E-state index in [2.05, 4.69) is 22.2 Å². The van der Waals surface area contributed by atoms with Crippen LogP contribution in [0.3, 0.4) is 0 Å². The summed E-state index contributed by atoms with van der Waals surface area (Å²) in [7, 11) is 0. The van der Waals surface area contributed by atoms with Gasteiger partial charge >= 0.3 is 5.97 Å². The van der Waals surface area contributed by atoms with Gasteiger partial charge in [0.15, 0.2) is 0 Å². The molecule has 0 saturated heterocycles. The number of hydrogen-bond acceptors (Lipinski definition) is 5. The molecule has 0 radical (unpaired) electrons. The summed E-state index contributed by atoms with van der Waals surface area (Å²) >= 11 is 1.76. The number of nitrogens with one attached hydrogen (secondary N) is 1. The maximum Gasteiger partial charge on any atom is 0.305 e. The summed E-state index contributed by atoms with van der Waals surface area (Å²) in [5.41, 5.74) is 1.37. The minimum Gasteiger partial charge on any atom is -0.481 e. The minimum absolute atomic E-state index is 0.0897. The van der Waals surface area contributed by atoms with Crippen LogP contribution in [0.15, 0.2) is 0 Å². The number of carboxylic acids is 1. The molecule has 2 aromatic heterocycles. The number of aryl methyl sites for hydroxylation is 2. The Morgan fingerprint density at radius 3 is 3.05 bits per heavy atom. The molecule has 1 atom stereocenters. The van der Waals surface area contributed by atoms with Crippen LogP contribution in [0.1, 0.15) is 48.4 Å². The first kappa shape index (κ1) is 14.3. The van der Waals surface area contributed by atoms with Crippen molar-refractivity contribution in [2.24, 2.45) is 0 Å². The molecule has 112 valence electrons. The smallest absolute Gasteiger partial charge is 0.305 e. The number of carbonyl (C=O) groups is 1. The molecule has 6 heteroatoms. The van der Waals surface area contributed by atoms with Gasteiger partial charge in [-0.25, -0.2) is 9.97 Å². The van der Waals surface area contributed by atoms with Crippen LogP contribution in [0, 0.1) is 6.92 Å². The molecule has 2 aromatic rings. The highest BCUT2D eigenvalue weighted by Crippen LogP contribution is 2.43. The van der Waals surface area contributed by atoms with Crippen molar-refractivity contribution in [3.05, 3.63) is 16.3 Å². The van der Waals surface area contributed by atoms with Gasteiger partial charge in [0.2, 0.25) is 0 Å². The molecule has 3 rings (SSSR count). The number of carboxylic acid groups (broad SMARTS) is 1. The monoisotopic (exact) mass is 305 g/mol. The van der Waals surface area contributed by atoms with Gasteiger partial charge in [-0.15, -0.1) is 11.3 Å². The maximum absolute atomic E-state index is 10.7. The molecule has 21 heavy (non-hydrogen) atoms. The summed E-state index contributed by atoms with van der Waals surface area (Å²) < 4.78 is 0. The number of anilines is 1. The fourth-order valence-corrected chi connectivity index (χ4v) is 4.39. The van der Waals surface area contributed by atoms with Gasteiger partial charge in [0.25, 0.3) is 0 Å². The highest BCUT2D eigenvalue weighted by molar-refractivity contribution is 7.19. The number of thiophene rings is 1. The van der Waals surface area contributed by atoms with Crippen molar-refractivity contribution in [3.63, 3.8) is 0 Å². The van der Waals surface area contributed by atoms with Gasteiger partial charge in [-0.05, 0) is 37.7 Å². The minimum atomic E-state index is -0.801. The number of nitrogens with zero attached hydrogens (tertiary/aromatic N) is 2. The highest BCUT2D eigenvalue weighted by atomic mass is 32.1. The number of aromatic nitrogens is 2. The molecule has 5 nitrogen and oxygen atoms in total. The molecular weight excluding hydrogens is 286 g/mol. The average Bonchev–Trinajstić information content (AvgIpc) is 2.77. The molecule has 1 aliphatic rings. The lowest BCUT2D eigenvalue weighted by molar-refractivity contribution is -0.136. The largest absolute Gasteiger partial charge is 0.481 e. The molecule has 0 aromatic carbocycles. The molecular formula is C15H19N3O2S. The first-order valence-electron chi connectivity index (χ1n) is 7.32. The zero-order valence-electron chi connectivity index (χ0n) is 12.3. The van der Waals surface area contributed by atoms with Gasteiger partial charge in [0.05, 0.1) is 11.8 Å². The molecule has 2 N–H and O–H groups in total. The van der Waals surface area contributed by atoms with Gasteiger partial charge in [-0.1, -0.05) is 6.92 Å². The molecule has 0 spiro atoms. The van der Waals surface area contributed by atoms with Crippen molar-refractivity contribution in [3.8, 4) is 0 Å². The Kier molecular flexibility index (Phi) is 3.80. The second-order valence-electron chi connectivity index (χ2n) is 5.60. The summed E-state index contributed by atoms with van der Waals surface area (Å²) in [5.74, 6) is 1.25. The summed E-state index contributed by atoms with van der Waals surface area (Å²) in [6, 6.07) is 0. The first-order chi connectivity index (χ1) is 10.1. The summed E-state index contributed by atoms with van der Waals surface area (Å²) in [4.78, 5) is 22.2. The third-order valence-electron chi connectivity index (χ3n) is 3.94. The van der Waals surface area contributed by atoms with Crippen LogP contribution in [0.4, 0.5) is 5.82 Å². The predicted molar refractivity (Wildman–Crippen MR) is 84.2 cm³/mol. The lowest BCUT2D eigenvalue weighted by Crippen LogP contribution is -2.11. The van der Waals surface area contributed by atoms with Crippen LogP contribution >= 0.6 is 11.3 Å². The van der Waals surface area contributed by atoms with Crippen molar-refractivity contribution in [2.45, 2.75) is 45.4 Å². The average molecular weight is 305 g/mol. The van der Waals surface area contributed by atoms with E-state index in [1.807, 2.05) is 6.92 Å². The van der Waals surface area contributed by atoms with Crippen molar-refractivity contribution < 1.29 is 9.90 Å². The molecule has 1 aliphatic carbocycles. The van der Waals surface area contributed by atoms with E-state index in [0.717, 1.165) is 28.3 Å². The van der Waals surface area contributed by atoms with Crippen LogP contribution in [-0.2, 0) is 11.2 Å². The zero-order valence-corrected chi connectivity index (χ0v) is 13.1. The van der Waals surface area contributed by atoms with Gasteiger partial charge in [0, 0.05) is 11.4 Å². The Morgan fingerprint density at radius 2 is 2.29 bits per heavy atom. The van der Waals surface area contributed by atoms with Crippen LogP contribution in [0.2, 0.25) is 0 Å². The zero-order chi connectivity index (χ0) is 15.0. The van der Waals surface area contributed by atoms with E-state index < -0.39 is 5.97 Å². The van der Waals surface area contributed by atoms with Crippen LogP contribution < -0.4 is 5.32 Å². The number of hydrogen-bond donors (Lipinski definition) is 2. The Labute approximate surface area is 127 Å². The lowest BCUT2D eigenvalue weighted by Gasteiger charge is -2.19. The first-order valence-corrected chi connectivity index (χ1v) is 8.13. The van der Waals surface area contributed by atoms with Gasteiger partial charge in [-0.2, -0.15) is 0 Å². The number of fused-ring (bicyclic) bond motifs is 3. The quantitative estimate of drug-likeness (QED) is 0.906. The fraction of sp³-hybridized carbons (Fsp3) is 0.533. The molecule has 0 saturated carbocycles. The fourth-order valence-electron chi connectivity index (χ4n) is 3.01. The van der Waals surface area contributed by atoms with Gasteiger partial charge in [-0.3, -0.25) is 4.79 Å². The molecule has 0 aliphatic heterocycles. The third-order valence-corrected chi connectivity index (χ3v) is 5.10.